The highest BCUT2D eigenvalue weighted by Crippen LogP contribution is 2.58. The van der Waals surface area contributed by atoms with Crippen LogP contribution in [0, 0.1) is 5.92 Å². The maximum absolute atomic E-state index is 12.7. The second kappa shape index (κ2) is 5.22. The minimum Gasteiger partial charge on any atom is -0.497 e. The number of likely N-dealkylation sites (tertiary alicyclic amines) is 1. The van der Waals surface area contributed by atoms with Crippen LogP contribution in [-0.4, -0.2) is 49.1 Å². The Kier molecular flexibility index (Phi) is 3.24. The number of carbonyl (C=O) groups is 2. The standard InChI is InChI=1S/C20H25N3O3/c1-23-8-7-19-11-20(17(24)21-18(25)22-20)6-5-14(19)16(23)9-12-3-4-13(26-2)10-15(12)19/h3-4,10,14,16H,5-9,11H2,1-2H3,(H2,21,22,24,25)/t14-,16+,19-,20-/m0/s1. The zero-order chi connectivity index (χ0) is 18.1. The Bertz CT molecular complexity index is 809. The Labute approximate surface area is 153 Å². The summed E-state index contributed by atoms with van der Waals surface area (Å²) < 4.78 is 5.51. The predicted molar refractivity (Wildman–Crippen MR) is 96.2 cm³/mol. The van der Waals surface area contributed by atoms with E-state index in [1.165, 1.54) is 11.1 Å². The van der Waals surface area contributed by atoms with Crippen molar-refractivity contribution in [3.63, 3.8) is 0 Å². The molecule has 2 heterocycles. The lowest BCUT2D eigenvalue weighted by Crippen LogP contribution is -2.66. The number of fused-ring (bicyclic) bond motifs is 1. The highest BCUT2D eigenvalue weighted by molar-refractivity contribution is 6.07. The van der Waals surface area contributed by atoms with Crippen molar-refractivity contribution in [2.45, 2.75) is 49.1 Å². The number of urea groups is 1. The minimum absolute atomic E-state index is 0.0769. The van der Waals surface area contributed by atoms with Crippen LogP contribution >= 0.6 is 0 Å². The molecule has 1 saturated carbocycles. The predicted octanol–water partition coefficient (Wildman–Crippen LogP) is 1.57. The van der Waals surface area contributed by atoms with Crippen LogP contribution < -0.4 is 15.4 Å². The van der Waals surface area contributed by atoms with Gasteiger partial charge in [-0.15, -0.1) is 0 Å². The molecule has 5 rings (SSSR count). The van der Waals surface area contributed by atoms with Gasteiger partial charge in [-0.05, 0) is 74.9 Å². The zero-order valence-electron chi connectivity index (χ0n) is 15.3. The van der Waals surface area contributed by atoms with Crippen LogP contribution in [0.4, 0.5) is 4.79 Å². The first-order valence-electron chi connectivity index (χ1n) is 9.49. The number of nitrogens with zero attached hydrogens (tertiary/aromatic N) is 1. The molecule has 0 unspecified atom stereocenters. The van der Waals surface area contributed by atoms with E-state index < -0.39 is 5.54 Å². The summed E-state index contributed by atoms with van der Waals surface area (Å²) in [4.78, 5) is 27.0. The summed E-state index contributed by atoms with van der Waals surface area (Å²) >= 11 is 0. The Morgan fingerprint density at radius 2 is 2.12 bits per heavy atom. The van der Waals surface area contributed by atoms with Gasteiger partial charge in [0.1, 0.15) is 11.3 Å². The van der Waals surface area contributed by atoms with E-state index in [-0.39, 0.29) is 17.4 Å². The molecule has 26 heavy (non-hydrogen) atoms. The van der Waals surface area contributed by atoms with Gasteiger partial charge in [0.25, 0.3) is 5.91 Å². The summed E-state index contributed by atoms with van der Waals surface area (Å²) in [6.45, 7) is 1.02. The van der Waals surface area contributed by atoms with Crippen molar-refractivity contribution in [2.75, 3.05) is 20.7 Å². The van der Waals surface area contributed by atoms with Crippen LogP contribution in [0.3, 0.4) is 0 Å². The van der Waals surface area contributed by atoms with Gasteiger partial charge >= 0.3 is 6.03 Å². The third-order valence-corrected chi connectivity index (χ3v) is 7.45. The summed E-state index contributed by atoms with van der Waals surface area (Å²) in [7, 11) is 3.92. The molecular weight excluding hydrogens is 330 g/mol. The number of ether oxygens (including phenoxy) is 1. The molecule has 2 bridgehead atoms. The Hall–Kier alpha value is -2.08. The third kappa shape index (κ3) is 1.96. The van der Waals surface area contributed by atoms with E-state index in [4.69, 9.17) is 4.74 Å². The fraction of sp³-hybridized carbons (Fsp3) is 0.600. The number of piperidine rings is 1. The van der Waals surface area contributed by atoms with Crippen molar-refractivity contribution in [3.05, 3.63) is 29.3 Å². The van der Waals surface area contributed by atoms with Crippen molar-refractivity contribution in [1.82, 2.24) is 15.5 Å². The molecule has 4 aliphatic rings. The molecule has 6 heteroatoms. The van der Waals surface area contributed by atoms with Crippen molar-refractivity contribution in [1.29, 1.82) is 0 Å². The topological polar surface area (TPSA) is 70.7 Å². The lowest BCUT2D eigenvalue weighted by Gasteiger charge is -2.61. The molecular formula is C20H25N3O3. The quantitative estimate of drug-likeness (QED) is 0.751. The van der Waals surface area contributed by atoms with Crippen LogP contribution in [0.15, 0.2) is 18.2 Å². The number of hydrogen-bond donors (Lipinski definition) is 2. The minimum atomic E-state index is -0.758. The number of amides is 3. The van der Waals surface area contributed by atoms with Gasteiger partial charge in [-0.25, -0.2) is 4.79 Å². The van der Waals surface area contributed by atoms with Crippen molar-refractivity contribution in [2.24, 2.45) is 5.92 Å². The first-order chi connectivity index (χ1) is 12.5. The molecule has 0 aromatic heterocycles. The van der Waals surface area contributed by atoms with Crippen molar-refractivity contribution < 1.29 is 14.3 Å². The molecule has 1 aromatic rings. The number of carbonyl (C=O) groups excluding carboxylic acids is 2. The molecule has 138 valence electrons. The number of imide groups is 1. The maximum atomic E-state index is 12.7. The van der Waals surface area contributed by atoms with E-state index in [1.54, 1.807) is 7.11 Å². The summed E-state index contributed by atoms with van der Waals surface area (Å²) in [5, 5.41) is 5.45. The average molecular weight is 355 g/mol. The van der Waals surface area contributed by atoms with E-state index in [0.717, 1.165) is 38.0 Å². The molecule has 0 radical (unpaired) electrons. The highest BCUT2D eigenvalue weighted by Gasteiger charge is 2.62. The van der Waals surface area contributed by atoms with Crippen LogP contribution in [0.1, 0.15) is 36.8 Å². The van der Waals surface area contributed by atoms with Crippen LogP contribution in [0.2, 0.25) is 0 Å². The second-order valence-corrected chi connectivity index (χ2v) is 8.49. The summed E-state index contributed by atoms with van der Waals surface area (Å²) in [5.41, 5.74) is 1.86. The Morgan fingerprint density at radius 3 is 2.85 bits per heavy atom. The summed E-state index contributed by atoms with van der Waals surface area (Å²) in [6, 6.07) is 6.55. The number of rotatable bonds is 1. The largest absolute Gasteiger partial charge is 0.497 e. The molecule has 2 aliphatic heterocycles. The van der Waals surface area contributed by atoms with Crippen molar-refractivity contribution >= 4 is 11.9 Å². The smallest absolute Gasteiger partial charge is 0.322 e. The summed E-state index contributed by atoms with van der Waals surface area (Å²) in [5.74, 6) is 1.23. The molecule has 2 aliphatic carbocycles. The lowest BCUT2D eigenvalue weighted by atomic mass is 9.49. The van der Waals surface area contributed by atoms with E-state index in [2.05, 4.69) is 34.7 Å². The Balaban J connectivity index is 1.67. The van der Waals surface area contributed by atoms with E-state index >= 15 is 0 Å². The van der Waals surface area contributed by atoms with Gasteiger partial charge in [0.2, 0.25) is 0 Å². The molecule has 3 amide bonds. The van der Waals surface area contributed by atoms with Gasteiger partial charge in [0.05, 0.1) is 7.11 Å². The zero-order valence-corrected chi connectivity index (χ0v) is 15.3. The second-order valence-electron chi connectivity index (χ2n) is 8.49. The molecule has 2 saturated heterocycles. The van der Waals surface area contributed by atoms with Crippen LogP contribution in [0.5, 0.6) is 5.75 Å². The van der Waals surface area contributed by atoms with Gasteiger partial charge in [0, 0.05) is 11.5 Å². The highest BCUT2D eigenvalue weighted by atomic mass is 16.5. The molecule has 4 atom stereocenters. The number of benzene rings is 1. The van der Waals surface area contributed by atoms with Gasteiger partial charge in [-0.1, -0.05) is 6.07 Å². The Morgan fingerprint density at radius 1 is 1.27 bits per heavy atom. The normalized spacial score (nSPS) is 38.4. The van der Waals surface area contributed by atoms with Gasteiger partial charge in [-0.2, -0.15) is 0 Å². The fourth-order valence-electron chi connectivity index (χ4n) is 6.23. The number of methoxy groups -OCH3 is 1. The number of hydrogen-bond acceptors (Lipinski definition) is 4. The van der Waals surface area contributed by atoms with Crippen LogP contribution in [0.25, 0.3) is 0 Å². The van der Waals surface area contributed by atoms with E-state index in [0.29, 0.717) is 18.4 Å². The monoisotopic (exact) mass is 355 g/mol. The molecule has 2 N–H and O–H groups in total. The molecule has 3 fully saturated rings. The first-order valence-corrected chi connectivity index (χ1v) is 9.49. The summed E-state index contributed by atoms with van der Waals surface area (Å²) in [6.07, 6.45) is 4.43. The van der Waals surface area contributed by atoms with E-state index in [1.807, 2.05) is 6.07 Å². The van der Waals surface area contributed by atoms with Gasteiger partial charge in [-0.3, -0.25) is 10.1 Å². The third-order valence-electron chi connectivity index (χ3n) is 7.45. The van der Waals surface area contributed by atoms with Gasteiger partial charge in [0.15, 0.2) is 0 Å². The van der Waals surface area contributed by atoms with Gasteiger partial charge < -0.3 is 15.0 Å². The number of nitrogens with one attached hydrogen (secondary N) is 2. The first kappa shape index (κ1) is 16.1. The maximum Gasteiger partial charge on any atom is 0.322 e. The molecule has 6 nitrogen and oxygen atoms in total. The lowest BCUT2D eigenvalue weighted by molar-refractivity contribution is -0.128. The average Bonchev–Trinajstić information content (AvgIpc) is 2.90. The number of likely N-dealkylation sites (N-methyl/N-ethyl adjacent to an activating group) is 1. The fourth-order valence-corrected chi connectivity index (χ4v) is 6.23. The molecule has 1 aromatic carbocycles. The molecule has 1 spiro atoms. The SMILES string of the molecule is COc1ccc2c(c1)[C@]13CCN(C)[C@H](C2)[C@@H]1CC[C@@]1(C3)NC(=O)NC1=O. The van der Waals surface area contributed by atoms with Crippen LogP contribution in [-0.2, 0) is 16.6 Å². The van der Waals surface area contributed by atoms with E-state index in [9.17, 15) is 9.59 Å². The van der Waals surface area contributed by atoms with Crippen molar-refractivity contribution in [3.8, 4) is 5.75 Å².